The van der Waals surface area contributed by atoms with Crippen molar-refractivity contribution in [3.63, 3.8) is 0 Å². The zero-order valence-corrected chi connectivity index (χ0v) is 15.6. The molecular weight excluding hydrogens is 328 g/mol. The van der Waals surface area contributed by atoms with E-state index in [-0.39, 0.29) is 5.91 Å². The van der Waals surface area contributed by atoms with Gasteiger partial charge in [-0.1, -0.05) is 48.0 Å². The van der Waals surface area contributed by atoms with E-state index in [1.165, 1.54) is 22.3 Å². The molecule has 0 bridgehead atoms. The van der Waals surface area contributed by atoms with Gasteiger partial charge in [0, 0.05) is 30.0 Å². The standard InChI is InChI=1S/C21H22N2OS/c1-14-4-9-19(15(2)12-14)21-23-20(13-25-21)18-7-5-17(6-8-18)10-11-22-16(3)24/h4-9,12-13H,10-11H2,1-3H3,(H,22,24). The second kappa shape index (κ2) is 7.62. The molecule has 0 aliphatic heterocycles. The number of nitrogens with one attached hydrogen (secondary N) is 1. The molecule has 0 unspecified atom stereocenters. The van der Waals surface area contributed by atoms with Crippen molar-refractivity contribution in [3.05, 3.63) is 64.5 Å². The van der Waals surface area contributed by atoms with Crippen LogP contribution in [0.15, 0.2) is 47.8 Å². The van der Waals surface area contributed by atoms with E-state index >= 15 is 0 Å². The highest BCUT2D eigenvalue weighted by Gasteiger charge is 2.09. The smallest absolute Gasteiger partial charge is 0.216 e. The SMILES string of the molecule is CC(=O)NCCc1ccc(-c2csc(-c3ccc(C)cc3C)n2)cc1. The summed E-state index contributed by atoms with van der Waals surface area (Å²) in [5.74, 6) is 0.0121. The number of aromatic nitrogens is 1. The maximum atomic E-state index is 10.9. The van der Waals surface area contributed by atoms with Gasteiger partial charge in [-0.3, -0.25) is 4.79 Å². The number of nitrogens with zero attached hydrogens (tertiary/aromatic N) is 1. The van der Waals surface area contributed by atoms with Crippen LogP contribution in [0.25, 0.3) is 21.8 Å². The fraction of sp³-hybridized carbons (Fsp3) is 0.238. The van der Waals surface area contributed by atoms with Gasteiger partial charge in [0.25, 0.3) is 0 Å². The molecule has 4 heteroatoms. The molecule has 1 N–H and O–H groups in total. The Morgan fingerprint density at radius 1 is 1.12 bits per heavy atom. The predicted molar refractivity (Wildman–Crippen MR) is 105 cm³/mol. The zero-order chi connectivity index (χ0) is 17.8. The highest BCUT2D eigenvalue weighted by Crippen LogP contribution is 2.31. The summed E-state index contributed by atoms with van der Waals surface area (Å²) in [4.78, 5) is 15.7. The third-order valence-electron chi connectivity index (χ3n) is 4.15. The number of hydrogen-bond donors (Lipinski definition) is 1. The summed E-state index contributed by atoms with van der Waals surface area (Å²) >= 11 is 1.68. The molecule has 0 atom stereocenters. The number of aryl methyl sites for hydroxylation is 2. The third-order valence-corrected chi connectivity index (χ3v) is 5.03. The van der Waals surface area contributed by atoms with Gasteiger partial charge in [-0.25, -0.2) is 4.98 Å². The summed E-state index contributed by atoms with van der Waals surface area (Å²) in [5.41, 5.74) is 7.07. The number of carbonyl (C=O) groups is 1. The minimum absolute atomic E-state index is 0.0121. The van der Waals surface area contributed by atoms with E-state index in [1.54, 1.807) is 18.3 Å². The first kappa shape index (κ1) is 17.4. The van der Waals surface area contributed by atoms with Crippen molar-refractivity contribution in [3.8, 4) is 21.8 Å². The lowest BCUT2D eigenvalue weighted by molar-refractivity contribution is -0.118. The number of carbonyl (C=O) groups excluding carboxylic acids is 1. The van der Waals surface area contributed by atoms with Gasteiger partial charge < -0.3 is 5.32 Å². The Hall–Kier alpha value is -2.46. The molecule has 1 amide bonds. The van der Waals surface area contributed by atoms with Gasteiger partial charge in [-0.05, 0) is 31.4 Å². The molecular formula is C21H22N2OS. The van der Waals surface area contributed by atoms with Crippen LogP contribution in [0.5, 0.6) is 0 Å². The van der Waals surface area contributed by atoms with Crippen LogP contribution in [0.2, 0.25) is 0 Å². The van der Waals surface area contributed by atoms with Crippen molar-refractivity contribution in [1.82, 2.24) is 10.3 Å². The molecule has 2 aromatic carbocycles. The number of hydrogen-bond acceptors (Lipinski definition) is 3. The van der Waals surface area contributed by atoms with Crippen LogP contribution in [0.1, 0.15) is 23.6 Å². The van der Waals surface area contributed by atoms with E-state index in [1.807, 2.05) is 0 Å². The monoisotopic (exact) mass is 350 g/mol. The second-order valence-corrected chi connectivity index (χ2v) is 7.14. The molecule has 0 fully saturated rings. The van der Waals surface area contributed by atoms with Gasteiger partial charge in [-0.2, -0.15) is 0 Å². The molecule has 1 aromatic heterocycles. The maximum absolute atomic E-state index is 10.9. The fourth-order valence-corrected chi connectivity index (χ4v) is 3.73. The lowest BCUT2D eigenvalue weighted by Crippen LogP contribution is -2.22. The summed E-state index contributed by atoms with van der Waals surface area (Å²) in [6, 6.07) is 14.9. The Kier molecular flexibility index (Phi) is 5.29. The van der Waals surface area contributed by atoms with Crippen molar-refractivity contribution in [2.75, 3.05) is 6.54 Å². The third kappa shape index (κ3) is 4.34. The maximum Gasteiger partial charge on any atom is 0.216 e. The van der Waals surface area contributed by atoms with E-state index < -0.39 is 0 Å². The molecule has 128 valence electrons. The lowest BCUT2D eigenvalue weighted by Gasteiger charge is -2.04. The van der Waals surface area contributed by atoms with Gasteiger partial charge in [0.05, 0.1) is 5.69 Å². The van der Waals surface area contributed by atoms with E-state index in [0.29, 0.717) is 6.54 Å². The Bertz CT molecular complexity index is 881. The average molecular weight is 350 g/mol. The summed E-state index contributed by atoms with van der Waals surface area (Å²) in [7, 11) is 0. The van der Waals surface area contributed by atoms with Crippen LogP contribution in [0.4, 0.5) is 0 Å². The largest absolute Gasteiger partial charge is 0.356 e. The Balaban J connectivity index is 1.74. The first-order chi connectivity index (χ1) is 12.0. The van der Waals surface area contributed by atoms with Gasteiger partial charge in [0.2, 0.25) is 5.91 Å². The molecule has 3 nitrogen and oxygen atoms in total. The van der Waals surface area contributed by atoms with Crippen LogP contribution >= 0.6 is 11.3 Å². The quantitative estimate of drug-likeness (QED) is 0.720. The van der Waals surface area contributed by atoms with Crippen molar-refractivity contribution in [1.29, 1.82) is 0 Å². The van der Waals surface area contributed by atoms with Crippen molar-refractivity contribution in [2.45, 2.75) is 27.2 Å². The van der Waals surface area contributed by atoms with E-state index in [4.69, 9.17) is 4.98 Å². The van der Waals surface area contributed by atoms with Crippen LogP contribution in [0.3, 0.4) is 0 Å². The average Bonchev–Trinajstić information content (AvgIpc) is 3.05. The van der Waals surface area contributed by atoms with Crippen LogP contribution in [-0.2, 0) is 11.2 Å². The Morgan fingerprint density at radius 3 is 2.56 bits per heavy atom. The number of rotatable bonds is 5. The van der Waals surface area contributed by atoms with E-state index in [9.17, 15) is 4.79 Å². The topological polar surface area (TPSA) is 42.0 Å². The van der Waals surface area contributed by atoms with Crippen LogP contribution in [0, 0.1) is 13.8 Å². The minimum atomic E-state index is 0.0121. The van der Waals surface area contributed by atoms with Crippen molar-refractivity contribution < 1.29 is 4.79 Å². The molecule has 0 spiro atoms. The summed E-state index contributed by atoms with van der Waals surface area (Å²) in [5, 5.41) is 5.99. The summed E-state index contributed by atoms with van der Waals surface area (Å²) in [6.07, 6.45) is 0.838. The Labute approximate surface area is 152 Å². The summed E-state index contributed by atoms with van der Waals surface area (Å²) < 4.78 is 0. The van der Waals surface area contributed by atoms with Gasteiger partial charge in [0.15, 0.2) is 0 Å². The van der Waals surface area contributed by atoms with Crippen LogP contribution in [-0.4, -0.2) is 17.4 Å². The number of thiazole rings is 1. The predicted octanol–water partition coefficient (Wildman–Crippen LogP) is 4.77. The first-order valence-electron chi connectivity index (χ1n) is 8.40. The zero-order valence-electron chi connectivity index (χ0n) is 14.8. The minimum Gasteiger partial charge on any atom is -0.356 e. The molecule has 25 heavy (non-hydrogen) atoms. The molecule has 1 heterocycles. The molecule has 0 saturated carbocycles. The lowest BCUT2D eigenvalue weighted by atomic mass is 10.1. The fourth-order valence-electron chi connectivity index (χ4n) is 2.81. The van der Waals surface area contributed by atoms with Crippen molar-refractivity contribution >= 4 is 17.2 Å². The van der Waals surface area contributed by atoms with Crippen LogP contribution < -0.4 is 5.32 Å². The normalized spacial score (nSPS) is 10.7. The molecule has 0 radical (unpaired) electrons. The summed E-state index contributed by atoms with van der Waals surface area (Å²) in [6.45, 7) is 6.45. The molecule has 3 aromatic rings. The number of amides is 1. The molecule has 0 saturated heterocycles. The number of benzene rings is 2. The van der Waals surface area contributed by atoms with Gasteiger partial charge in [-0.15, -0.1) is 11.3 Å². The highest BCUT2D eigenvalue weighted by atomic mass is 32.1. The molecule has 0 aliphatic carbocycles. The van der Waals surface area contributed by atoms with E-state index in [0.717, 1.165) is 22.7 Å². The van der Waals surface area contributed by atoms with Gasteiger partial charge in [0.1, 0.15) is 5.01 Å². The van der Waals surface area contributed by atoms with Crippen molar-refractivity contribution in [2.24, 2.45) is 0 Å². The highest BCUT2D eigenvalue weighted by molar-refractivity contribution is 7.13. The Morgan fingerprint density at radius 2 is 1.88 bits per heavy atom. The first-order valence-corrected chi connectivity index (χ1v) is 9.28. The second-order valence-electron chi connectivity index (χ2n) is 6.29. The molecule has 0 aliphatic rings. The van der Waals surface area contributed by atoms with E-state index in [2.05, 4.69) is 67.0 Å². The van der Waals surface area contributed by atoms with Gasteiger partial charge >= 0.3 is 0 Å². The molecule has 3 rings (SSSR count).